The predicted molar refractivity (Wildman–Crippen MR) is 71.8 cm³/mol. The molecule has 1 aliphatic rings. The summed E-state index contributed by atoms with van der Waals surface area (Å²) in [5, 5.41) is 10.7. The fourth-order valence-corrected chi connectivity index (χ4v) is 2.66. The lowest BCUT2D eigenvalue weighted by Crippen LogP contribution is -2.26. The fraction of sp³-hybridized carbons (Fsp3) is 0.500. The van der Waals surface area contributed by atoms with Gasteiger partial charge in [-0.05, 0) is 44.2 Å². The van der Waals surface area contributed by atoms with E-state index in [1.807, 2.05) is 0 Å². The van der Waals surface area contributed by atoms with Gasteiger partial charge >= 0.3 is 0 Å². The minimum absolute atomic E-state index is 0.328. The van der Waals surface area contributed by atoms with Crippen molar-refractivity contribution in [3.63, 3.8) is 0 Å². The van der Waals surface area contributed by atoms with Crippen LogP contribution in [0.15, 0.2) is 35.9 Å². The van der Waals surface area contributed by atoms with Crippen molar-refractivity contribution in [1.82, 2.24) is 0 Å². The van der Waals surface area contributed by atoms with Crippen LogP contribution in [0.2, 0.25) is 0 Å². The molecule has 98 valence electrons. The molecule has 0 aliphatic heterocycles. The molecule has 18 heavy (non-hydrogen) atoms. The molecule has 1 aromatic rings. The van der Waals surface area contributed by atoms with Gasteiger partial charge in [-0.1, -0.05) is 37.1 Å². The maximum Gasteiger partial charge on any atom is 0.129 e. The molecule has 1 atom stereocenters. The molecular formula is C16H21FO. The Labute approximate surface area is 108 Å². The van der Waals surface area contributed by atoms with E-state index >= 15 is 0 Å². The molecule has 0 fully saturated rings. The number of hydrogen-bond donors (Lipinski definition) is 1. The monoisotopic (exact) mass is 248 g/mol. The smallest absolute Gasteiger partial charge is 0.129 e. The highest BCUT2D eigenvalue weighted by Crippen LogP contribution is 2.35. The zero-order valence-corrected chi connectivity index (χ0v) is 11.0. The van der Waals surface area contributed by atoms with Crippen LogP contribution in [0.4, 0.5) is 4.39 Å². The van der Waals surface area contributed by atoms with Crippen molar-refractivity contribution < 1.29 is 9.50 Å². The second-order valence-corrected chi connectivity index (χ2v) is 5.23. The summed E-state index contributed by atoms with van der Waals surface area (Å²) in [7, 11) is 0. The van der Waals surface area contributed by atoms with Gasteiger partial charge in [-0.15, -0.1) is 0 Å². The van der Waals surface area contributed by atoms with Crippen molar-refractivity contribution in [3.8, 4) is 0 Å². The number of halogens is 1. The lowest BCUT2D eigenvalue weighted by atomic mass is 9.83. The van der Waals surface area contributed by atoms with Crippen molar-refractivity contribution in [2.75, 3.05) is 0 Å². The van der Waals surface area contributed by atoms with Crippen molar-refractivity contribution in [2.45, 2.75) is 51.0 Å². The Morgan fingerprint density at radius 2 is 1.83 bits per heavy atom. The molecular weight excluding hydrogens is 227 g/mol. The van der Waals surface area contributed by atoms with E-state index in [1.165, 1.54) is 18.9 Å². The Balaban J connectivity index is 2.31. The van der Waals surface area contributed by atoms with Crippen LogP contribution in [-0.2, 0) is 5.60 Å². The van der Waals surface area contributed by atoms with Crippen LogP contribution >= 0.6 is 0 Å². The number of allylic oxidation sites excluding steroid dienone is 1. The van der Waals surface area contributed by atoms with Crippen LogP contribution in [0.3, 0.4) is 0 Å². The summed E-state index contributed by atoms with van der Waals surface area (Å²) in [6.45, 7) is 1.71. The Hall–Kier alpha value is -1.15. The highest BCUT2D eigenvalue weighted by atomic mass is 19.1. The molecule has 2 heteroatoms. The van der Waals surface area contributed by atoms with Crippen LogP contribution in [0.25, 0.3) is 0 Å². The maximum atomic E-state index is 13.8. The zero-order chi connectivity index (χ0) is 13.0. The summed E-state index contributed by atoms with van der Waals surface area (Å²) in [6.07, 6.45) is 8.65. The van der Waals surface area contributed by atoms with Crippen LogP contribution < -0.4 is 0 Å². The Kier molecular flexibility index (Phi) is 4.18. The first-order chi connectivity index (χ1) is 8.62. The third-order valence-electron chi connectivity index (χ3n) is 3.81. The number of benzene rings is 1. The van der Waals surface area contributed by atoms with Crippen molar-refractivity contribution in [1.29, 1.82) is 0 Å². The van der Waals surface area contributed by atoms with E-state index in [9.17, 15) is 9.50 Å². The van der Waals surface area contributed by atoms with E-state index < -0.39 is 5.60 Å². The SMILES string of the molecule is CC(O)(/C1=C/CCCCCC1)c1ccccc1F. The Morgan fingerprint density at radius 1 is 1.11 bits per heavy atom. The topological polar surface area (TPSA) is 20.2 Å². The highest BCUT2D eigenvalue weighted by molar-refractivity contribution is 5.33. The van der Waals surface area contributed by atoms with Gasteiger partial charge in [0.1, 0.15) is 11.4 Å². The number of hydrogen-bond acceptors (Lipinski definition) is 1. The van der Waals surface area contributed by atoms with Gasteiger partial charge in [-0.25, -0.2) is 4.39 Å². The molecule has 0 saturated carbocycles. The molecule has 1 nitrogen and oxygen atoms in total. The fourth-order valence-electron chi connectivity index (χ4n) is 2.66. The second kappa shape index (κ2) is 5.66. The van der Waals surface area contributed by atoms with E-state index in [0.717, 1.165) is 31.3 Å². The number of aliphatic hydroxyl groups is 1. The maximum absolute atomic E-state index is 13.8. The summed E-state index contributed by atoms with van der Waals surface area (Å²) < 4.78 is 13.8. The third kappa shape index (κ3) is 2.81. The van der Waals surface area contributed by atoms with Gasteiger partial charge in [0, 0.05) is 5.56 Å². The molecule has 0 aromatic heterocycles. The second-order valence-electron chi connectivity index (χ2n) is 5.23. The molecule has 1 aliphatic carbocycles. The van der Waals surface area contributed by atoms with Crippen molar-refractivity contribution >= 4 is 0 Å². The molecule has 0 radical (unpaired) electrons. The van der Waals surface area contributed by atoms with Gasteiger partial charge in [0.25, 0.3) is 0 Å². The van der Waals surface area contributed by atoms with Crippen molar-refractivity contribution in [2.24, 2.45) is 0 Å². The Bertz CT molecular complexity index is 434. The molecule has 2 rings (SSSR count). The summed E-state index contributed by atoms with van der Waals surface area (Å²) in [5.41, 5.74) is 0.173. The highest BCUT2D eigenvalue weighted by Gasteiger charge is 2.30. The van der Waals surface area contributed by atoms with Crippen LogP contribution in [-0.4, -0.2) is 5.11 Å². The van der Waals surface area contributed by atoms with Gasteiger partial charge in [0.05, 0.1) is 0 Å². The van der Waals surface area contributed by atoms with Gasteiger partial charge in [0.15, 0.2) is 0 Å². The minimum atomic E-state index is -1.18. The minimum Gasteiger partial charge on any atom is -0.381 e. The number of rotatable bonds is 2. The third-order valence-corrected chi connectivity index (χ3v) is 3.81. The van der Waals surface area contributed by atoms with Gasteiger partial charge in [-0.3, -0.25) is 0 Å². The van der Waals surface area contributed by atoms with E-state index in [1.54, 1.807) is 25.1 Å². The zero-order valence-electron chi connectivity index (χ0n) is 11.0. The normalized spacial score (nSPS) is 23.4. The molecule has 1 N–H and O–H groups in total. The lowest BCUT2D eigenvalue weighted by molar-refractivity contribution is 0.0881. The summed E-state index contributed by atoms with van der Waals surface area (Å²) in [6, 6.07) is 6.51. The summed E-state index contributed by atoms with van der Waals surface area (Å²) in [4.78, 5) is 0. The first-order valence-electron chi connectivity index (χ1n) is 6.79. The quantitative estimate of drug-likeness (QED) is 0.773. The molecule has 0 spiro atoms. The Morgan fingerprint density at radius 3 is 2.61 bits per heavy atom. The predicted octanol–water partition coefficient (Wildman–Crippen LogP) is 4.31. The molecule has 1 aromatic carbocycles. The average Bonchev–Trinajstić information content (AvgIpc) is 2.28. The first-order valence-corrected chi connectivity index (χ1v) is 6.79. The molecule has 0 amide bonds. The van der Waals surface area contributed by atoms with Gasteiger partial charge in [-0.2, -0.15) is 0 Å². The van der Waals surface area contributed by atoms with E-state index in [2.05, 4.69) is 6.08 Å². The standard InChI is InChI=1S/C16H21FO/c1-16(18,14-11-7-8-12-15(14)17)13-9-5-3-2-4-6-10-13/h7-9,11-12,18H,2-6,10H2,1H3/b13-9+. The van der Waals surface area contributed by atoms with E-state index in [0.29, 0.717) is 5.56 Å². The van der Waals surface area contributed by atoms with E-state index in [4.69, 9.17) is 0 Å². The average molecular weight is 248 g/mol. The molecule has 0 saturated heterocycles. The van der Waals surface area contributed by atoms with Crippen LogP contribution in [0, 0.1) is 5.82 Å². The molecule has 1 unspecified atom stereocenters. The van der Waals surface area contributed by atoms with Crippen LogP contribution in [0.5, 0.6) is 0 Å². The van der Waals surface area contributed by atoms with Gasteiger partial charge in [0.2, 0.25) is 0 Å². The van der Waals surface area contributed by atoms with E-state index in [-0.39, 0.29) is 5.82 Å². The van der Waals surface area contributed by atoms with Gasteiger partial charge < -0.3 is 5.11 Å². The summed E-state index contributed by atoms with van der Waals surface area (Å²) >= 11 is 0. The first kappa shape index (κ1) is 13.3. The van der Waals surface area contributed by atoms with Crippen LogP contribution in [0.1, 0.15) is 51.0 Å². The lowest BCUT2D eigenvalue weighted by Gasteiger charge is -2.29. The van der Waals surface area contributed by atoms with Crippen molar-refractivity contribution in [3.05, 3.63) is 47.3 Å². The summed E-state index contributed by atoms with van der Waals surface area (Å²) in [5.74, 6) is -0.328. The molecule has 0 heterocycles. The molecule has 0 bridgehead atoms. The largest absolute Gasteiger partial charge is 0.381 e.